The molecule has 0 aliphatic rings. The van der Waals surface area contributed by atoms with E-state index in [1.165, 1.54) is 0 Å². The minimum atomic E-state index is 1.00. The number of aryl methyl sites for hydroxylation is 1. The quantitative estimate of drug-likeness (QED) is 0.552. The SMILES string of the molecule is Cc1[nH]cc2c1nc1ccccn12. The predicted molar refractivity (Wildman–Crippen MR) is 51.8 cm³/mol. The zero-order valence-corrected chi connectivity index (χ0v) is 7.28. The fourth-order valence-electron chi connectivity index (χ4n) is 1.67. The summed E-state index contributed by atoms with van der Waals surface area (Å²) < 4.78 is 2.08. The van der Waals surface area contributed by atoms with Crippen molar-refractivity contribution in [3.63, 3.8) is 0 Å². The third kappa shape index (κ3) is 0.758. The van der Waals surface area contributed by atoms with E-state index in [9.17, 15) is 0 Å². The van der Waals surface area contributed by atoms with E-state index in [0.29, 0.717) is 0 Å². The van der Waals surface area contributed by atoms with Gasteiger partial charge in [0.1, 0.15) is 11.2 Å². The molecule has 3 heterocycles. The summed E-state index contributed by atoms with van der Waals surface area (Å²) in [5.74, 6) is 0. The number of fused-ring (bicyclic) bond motifs is 3. The van der Waals surface area contributed by atoms with Gasteiger partial charge in [0.15, 0.2) is 0 Å². The first-order valence-electron chi connectivity index (χ1n) is 4.27. The van der Waals surface area contributed by atoms with Crippen LogP contribution in [0.4, 0.5) is 0 Å². The smallest absolute Gasteiger partial charge is 0.138 e. The van der Waals surface area contributed by atoms with Gasteiger partial charge in [-0.25, -0.2) is 4.98 Å². The Morgan fingerprint density at radius 2 is 2.31 bits per heavy atom. The Hall–Kier alpha value is -1.77. The second-order valence-corrected chi connectivity index (χ2v) is 3.19. The largest absolute Gasteiger partial charge is 0.362 e. The Morgan fingerprint density at radius 1 is 1.38 bits per heavy atom. The fraction of sp³-hybridized carbons (Fsp3) is 0.100. The molecule has 0 fully saturated rings. The normalized spacial score (nSPS) is 11.5. The van der Waals surface area contributed by atoms with Gasteiger partial charge in [-0.1, -0.05) is 6.07 Å². The highest BCUT2D eigenvalue weighted by Gasteiger charge is 2.06. The first-order valence-corrected chi connectivity index (χ1v) is 4.27. The van der Waals surface area contributed by atoms with Gasteiger partial charge < -0.3 is 4.98 Å². The number of aromatic nitrogens is 3. The van der Waals surface area contributed by atoms with E-state index in [1.54, 1.807) is 0 Å². The maximum Gasteiger partial charge on any atom is 0.138 e. The second kappa shape index (κ2) is 2.13. The van der Waals surface area contributed by atoms with Gasteiger partial charge in [0, 0.05) is 18.1 Å². The summed E-state index contributed by atoms with van der Waals surface area (Å²) >= 11 is 0. The lowest BCUT2D eigenvalue weighted by molar-refractivity contribution is 1.20. The molecule has 3 heteroatoms. The number of hydrogen-bond acceptors (Lipinski definition) is 1. The van der Waals surface area contributed by atoms with Crippen LogP contribution in [0.15, 0.2) is 30.6 Å². The molecule has 0 amide bonds. The number of hydrogen-bond donors (Lipinski definition) is 1. The average molecular weight is 171 g/mol. The van der Waals surface area contributed by atoms with E-state index in [4.69, 9.17) is 0 Å². The van der Waals surface area contributed by atoms with Gasteiger partial charge in [-0.2, -0.15) is 0 Å². The van der Waals surface area contributed by atoms with Gasteiger partial charge in [-0.05, 0) is 19.1 Å². The van der Waals surface area contributed by atoms with Crippen LogP contribution in [0.5, 0.6) is 0 Å². The topological polar surface area (TPSA) is 33.1 Å². The molecule has 0 radical (unpaired) electrons. The zero-order valence-electron chi connectivity index (χ0n) is 7.28. The van der Waals surface area contributed by atoms with Crippen molar-refractivity contribution in [2.24, 2.45) is 0 Å². The Labute approximate surface area is 75.0 Å². The van der Waals surface area contributed by atoms with E-state index in [0.717, 1.165) is 22.4 Å². The van der Waals surface area contributed by atoms with Crippen molar-refractivity contribution in [2.75, 3.05) is 0 Å². The lowest BCUT2D eigenvalue weighted by atomic mass is 10.4. The molecule has 3 nitrogen and oxygen atoms in total. The van der Waals surface area contributed by atoms with Crippen LogP contribution in [0.25, 0.3) is 16.7 Å². The number of pyridine rings is 1. The maximum absolute atomic E-state index is 4.51. The number of rotatable bonds is 0. The second-order valence-electron chi connectivity index (χ2n) is 3.19. The summed E-state index contributed by atoms with van der Waals surface area (Å²) in [6, 6.07) is 6.02. The average Bonchev–Trinajstić information content (AvgIpc) is 2.67. The molecule has 3 aromatic heterocycles. The number of nitrogens with zero attached hydrogens (tertiary/aromatic N) is 2. The molecule has 13 heavy (non-hydrogen) atoms. The number of aromatic amines is 1. The third-order valence-electron chi connectivity index (χ3n) is 2.35. The van der Waals surface area contributed by atoms with Gasteiger partial charge in [-0.15, -0.1) is 0 Å². The van der Waals surface area contributed by atoms with Crippen LogP contribution >= 0.6 is 0 Å². The van der Waals surface area contributed by atoms with Crippen LogP contribution in [0, 0.1) is 6.92 Å². The van der Waals surface area contributed by atoms with Crippen molar-refractivity contribution in [1.82, 2.24) is 14.4 Å². The van der Waals surface area contributed by atoms with Crippen molar-refractivity contribution >= 4 is 16.7 Å². The minimum Gasteiger partial charge on any atom is -0.362 e. The Bertz CT molecular complexity index is 574. The molecule has 64 valence electrons. The summed E-state index contributed by atoms with van der Waals surface area (Å²) in [7, 11) is 0. The van der Waals surface area contributed by atoms with E-state index in [2.05, 4.69) is 14.4 Å². The van der Waals surface area contributed by atoms with Gasteiger partial charge in [0.25, 0.3) is 0 Å². The molecule has 0 aliphatic heterocycles. The Kier molecular flexibility index (Phi) is 1.10. The zero-order chi connectivity index (χ0) is 8.84. The number of nitrogens with one attached hydrogen (secondary N) is 1. The fourth-order valence-corrected chi connectivity index (χ4v) is 1.67. The molecule has 0 aromatic carbocycles. The first kappa shape index (κ1) is 6.71. The standard InChI is InChI=1S/C10H9N3/c1-7-10-8(6-11-7)13-5-3-2-4-9(13)12-10/h2-6,11H,1H3. The Balaban J connectivity index is 2.64. The molecule has 0 unspecified atom stereocenters. The van der Waals surface area contributed by atoms with Crippen LogP contribution in [-0.4, -0.2) is 14.4 Å². The van der Waals surface area contributed by atoms with E-state index >= 15 is 0 Å². The van der Waals surface area contributed by atoms with Gasteiger partial charge in [0.05, 0.1) is 5.52 Å². The molecular weight excluding hydrogens is 162 g/mol. The number of imidazole rings is 1. The molecule has 0 saturated heterocycles. The maximum atomic E-state index is 4.51. The predicted octanol–water partition coefficient (Wildman–Crippen LogP) is 2.12. The first-order chi connectivity index (χ1) is 6.36. The summed E-state index contributed by atoms with van der Waals surface area (Å²) in [6.07, 6.45) is 4.02. The monoisotopic (exact) mass is 171 g/mol. The van der Waals surface area contributed by atoms with Gasteiger partial charge in [0.2, 0.25) is 0 Å². The minimum absolute atomic E-state index is 1.00. The van der Waals surface area contributed by atoms with E-state index < -0.39 is 0 Å². The van der Waals surface area contributed by atoms with Crippen molar-refractivity contribution in [3.05, 3.63) is 36.3 Å². The molecule has 0 bridgehead atoms. The van der Waals surface area contributed by atoms with E-state index in [-0.39, 0.29) is 0 Å². The van der Waals surface area contributed by atoms with Gasteiger partial charge >= 0.3 is 0 Å². The molecule has 0 atom stereocenters. The third-order valence-corrected chi connectivity index (χ3v) is 2.35. The van der Waals surface area contributed by atoms with Crippen LogP contribution < -0.4 is 0 Å². The molecule has 0 spiro atoms. The molecule has 1 N–H and O–H groups in total. The van der Waals surface area contributed by atoms with Crippen molar-refractivity contribution < 1.29 is 0 Å². The van der Waals surface area contributed by atoms with Crippen LogP contribution in [0.3, 0.4) is 0 Å². The summed E-state index contributed by atoms with van der Waals surface area (Å²) in [4.78, 5) is 7.67. The molecule has 0 aliphatic carbocycles. The summed E-state index contributed by atoms with van der Waals surface area (Å²) in [5.41, 5.74) is 4.34. The lowest BCUT2D eigenvalue weighted by Crippen LogP contribution is -1.80. The highest BCUT2D eigenvalue weighted by atomic mass is 15.0. The van der Waals surface area contributed by atoms with Crippen molar-refractivity contribution in [1.29, 1.82) is 0 Å². The van der Waals surface area contributed by atoms with Crippen LogP contribution in [0.2, 0.25) is 0 Å². The highest BCUT2D eigenvalue weighted by molar-refractivity contribution is 5.82. The van der Waals surface area contributed by atoms with Gasteiger partial charge in [-0.3, -0.25) is 4.40 Å². The number of H-pyrrole nitrogens is 1. The molecule has 3 rings (SSSR count). The Morgan fingerprint density at radius 3 is 3.23 bits per heavy atom. The van der Waals surface area contributed by atoms with Crippen molar-refractivity contribution in [2.45, 2.75) is 6.92 Å². The van der Waals surface area contributed by atoms with E-state index in [1.807, 2.05) is 37.5 Å². The summed E-state index contributed by atoms with van der Waals surface area (Å²) in [6.45, 7) is 2.04. The lowest BCUT2D eigenvalue weighted by Gasteiger charge is -1.89. The molecule has 3 aromatic rings. The van der Waals surface area contributed by atoms with Crippen LogP contribution in [0.1, 0.15) is 5.69 Å². The van der Waals surface area contributed by atoms with Crippen LogP contribution in [-0.2, 0) is 0 Å². The molecule has 0 saturated carbocycles. The summed E-state index contributed by atoms with van der Waals surface area (Å²) in [5, 5.41) is 0. The van der Waals surface area contributed by atoms with Crippen molar-refractivity contribution in [3.8, 4) is 0 Å². The highest BCUT2D eigenvalue weighted by Crippen LogP contribution is 2.18. The molecular formula is C10H9N3.